The molecule has 5 aromatic rings. The average Bonchev–Trinajstić information content (AvgIpc) is 3.23. The fourth-order valence-corrected chi connectivity index (χ4v) is 4.39. The summed E-state index contributed by atoms with van der Waals surface area (Å²) in [5, 5.41) is 2.24. The number of benzene rings is 1. The Morgan fingerprint density at radius 3 is 2.53 bits per heavy atom. The van der Waals surface area contributed by atoms with Crippen LogP contribution in [-0.4, -0.2) is 31.4 Å². The Labute approximate surface area is 186 Å². The van der Waals surface area contributed by atoms with Gasteiger partial charge in [-0.05, 0) is 54.4 Å². The molecule has 0 amide bonds. The van der Waals surface area contributed by atoms with Gasteiger partial charge in [0.2, 0.25) is 0 Å². The summed E-state index contributed by atoms with van der Waals surface area (Å²) in [5.74, 6) is 0. The van der Waals surface area contributed by atoms with Gasteiger partial charge in [-0.2, -0.15) is 0 Å². The number of fused-ring (bicyclic) bond motifs is 3. The highest BCUT2D eigenvalue weighted by Gasteiger charge is 2.11. The second kappa shape index (κ2) is 7.93. The number of aromatic amines is 1. The van der Waals surface area contributed by atoms with E-state index in [1.165, 1.54) is 24.0 Å². The molecule has 0 bridgehead atoms. The monoisotopic (exact) mass is 417 g/mol. The van der Waals surface area contributed by atoms with E-state index >= 15 is 0 Å². The quantitative estimate of drug-likeness (QED) is 0.393. The molecule has 1 aliphatic rings. The highest BCUT2D eigenvalue weighted by atomic mass is 15.1. The van der Waals surface area contributed by atoms with Gasteiger partial charge in [0.15, 0.2) is 0 Å². The van der Waals surface area contributed by atoms with Gasteiger partial charge in [0.25, 0.3) is 0 Å². The maximum absolute atomic E-state index is 4.70. The van der Waals surface area contributed by atoms with E-state index in [1.807, 2.05) is 24.5 Å². The van der Waals surface area contributed by atoms with Crippen molar-refractivity contribution in [2.75, 3.05) is 6.54 Å². The smallest absolute Gasteiger partial charge is 0.138 e. The number of aromatic nitrogens is 4. The number of rotatable bonds is 4. The third-order valence-corrected chi connectivity index (χ3v) is 6.12. The average molecular weight is 418 g/mol. The van der Waals surface area contributed by atoms with Gasteiger partial charge in [-0.15, -0.1) is 0 Å². The SMILES string of the molecule is C1=CN(Cc2ccc(-c3cnc4[nH]c5cnc(-c6ccncc6)cc5c4c3)cc2)CCC1. The molecule has 5 nitrogen and oxygen atoms in total. The molecule has 0 atom stereocenters. The molecule has 0 saturated carbocycles. The van der Waals surface area contributed by atoms with E-state index in [9.17, 15) is 0 Å². The normalized spacial score (nSPS) is 13.8. The van der Waals surface area contributed by atoms with Crippen molar-refractivity contribution in [3.8, 4) is 22.4 Å². The van der Waals surface area contributed by atoms with Gasteiger partial charge >= 0.3 is 0 Å². The van der Waals surface area contributed by atoms with Crippen molar-refractivity contribution in [1.82, 2.24) is 24.8 Å². The molecule has 0 radical (unpaired) electrons. The van der Waals surface area contributed by atoms with Gasteiger partial charge in [-0.25, -0.2) is 4.98 Å². The van der Waals surface area contributed by atoms with Crippen molar-refractivity contribution in [2.45, 2.75) is 19.4 Å². The van der Waals surface area contributed by atoms with Gasteiger partial charge in [0.1, 0.15) is 5.65 Å². The molecule has 5 heterocycles. The molecular formula is C27H23N5. The lowest BCUT2D eigenvalue weighted by molar-refractivity contribution is 0.348. The van der Waals surface area contributed by atoms with Crippen LogP contribution >= 0.6 is 0 Å². The third-order valence-electron chi connectivity index (χ3n) is 6.12. The number of H-pyrrole nitrogens is 1. The Balaban J connectivity index is 1.35. The Morgan fingerprint density at radius 1 is 0.844 bits per heavy atom. The van der Waals surface area contributed by atoms with Crippen LogP contribution in [0.15, 0.2) is 85.6 Å². The lowest BCUT2D eigenvalue weighted by Gasteiger charge is -2.23. The lowest BCUT2D eigenvalue weighted by atomic mass is 10.0. The molecule has 0 unspecified atom stereocenters. The van der Waals surface area contributed by atoms with Crippen molar-refractivity contribution in [2.24, 2.45) is 0 Å². The minimum atomic E-state index is 0.880. The van der Waals surface area contributed by atoms with Crippen LogP contribution in [0.2, 0.25) is 0 Å². The van der Waals surface area contributed by atoms with Gasteiger partial charge in [-0.1, -0.05) is 30.3 Å². The third kappa shape index (κ3) is 3.52. The Morgan fingerprint density at radius 2 is 1.72 bits per heavy atom. The van der Waals surface area contributed by atoms with Gasteiger partial charge in [-0.3, -0.25) is 9.97 Å². The van der Waals surface area contributed by atoms with E-state index in [1.54, 1.807) is 12.4 Å². The summed E-state index contributed by atoms with van der Waals surface area (Å²) in [6.45, 7) is 2.09. The van der Waals surface area contributed by atoms with Crippen LogP contribution in [0.5, 0.6) is 0 Å². The molecular weight excluding hydrogens is 394 g/mol. The van der Waals surface area contributed by atoms with Crippen molar-refractivity contribution in [3.05, 3.63) is 91.2 Å². The van der Waals surface area contributed by atoms with Crippen molar-refractivity contribution >= 4 is 21.9 Å². The first-order valence-electron chi connectivity index (χ1n) is 11.0. The first kappa shape index (κ1) is 18.8. The molecule has 1 aliphatic heterocycles. The minimum Gasteiger partial charge on any atom is -0.373 e. The number of nitrogens with one attached hydrogen (secondary N) is 1. The first-order chi connectivity index (χ1) is 15.8. The highest BCUT2D eigenvalue weighted by Crippen LogP contribution is 2.30. The fourth-order valence-electron chi connectivity index (χ4n) is 4.39. The minimum absolute atomic E-state index is 0.880. The van der Waals surface area contributed by atoms with E-state index < -0.39 is 0 Å². The van der Waals surface area contributed by atoms with Crippen LogP contribution in [0.25, 0.3) is 44.3 Å². The molecule has 1 aromatic carbocycles. The summed E-state index contributed by atoms with van der Waals surface area (Å²) < 4.78 is 0. The Bertz CT molecular complexity index is 1420. The van der Waals surface area contributed by atoms with Crippen LogP contribution in [0.3, 0.4) is 0 Å². The van der Waals surface area contributed by atoms with Crippen LogP contribution in [0, 0.1) is 0 Å². The lowest BCUT2D eigenvalue weighted by Crippen LogP contribution is -2.20. The van der Waals surface area contributed by atoms with E-state index in [2.05, 4.69) is 68.5 Å². The number of pyridine rings is 3. The van der Waals surface area contributed by atoms with Crippen LogP contribution in [-0.2, 0) is 6.54 Å². The van der Waals surface area contributed by atoms with Gasteiger partial charge < -0.3 is 9.88 Å². The second-order valence-electron chi connectivity index (χ2n) is 8.29. The molecule has 6 rings (SSSR count). The second-order valence-corrected chi connectivity index (χ2v) is 8.29. The van der Waals surface area contributed by atoms with Crippen LogP contribution < -0.4 is 0 Å². The number of hydrogen-bond donors (Lipinski definition) is 1. The Hall–Kier alpha value is -3.99. The maximum Gasteiger partial charge on any atom is 0.138 e. The molecule has 0 spiro atoms. The summed E-state index contributed by atoms with van der Waals surface area (Å²) in [6, 6.07) is 17.2. The summed E-state index contributed by atoms with van der Waals surface area (Å²) >= 11 is 0. The highest BCUT2D eigenvalue weighted by molar-refractivity contribution is 6.07. The molecule has 4 aromatic heterocycles. The zero-order valence-corrected chi connectivity index (χ0v) is 17.7. The summed E-state index contributed by atoms with van der Waals surface area (Å²) in [4.78, 5) is 19.2. The van der Waals surface area contributed by atoms with Crippen LogP contribution in [0.1, 0.15) is 18.4 Å². The number of hydrogen-bond acceptors (Lipinski definition) is 4. The van der Waals surface area contributed by atoms with E-state index in [0.717, 1.165) is 51.8 Å². The molecule has 0 fully saturated rings. The summed E-state index contributed by atoms with van der Waals surface area (Å²) in [5.41, 5.74) is 7.48. The molecule has 32 heavy (non-hydrogen) atoms. The largest absolute Gasteiger partial charge is 0.373 e. The van der Waals surface area contributed by atoms with Crippen molar-refractivity contribution < 1.29 is 0 Å². The molecule has 0 saturated heterocycles. The van der Waals surface area contributed by atoms with E-state index in [-0.39, 0.29) is 0 Å². The Kier molecular flexibility index (Phi) is 4.65. The predicted octanol–water partition coefficient (Wildman–Crippen LogP) is 5.95. The predicted molar refractivity (Wildman–Crippen MR) is 129 cm³/mol. The fraction of sp³-hybridized carbons (Fsp3) is 0.148. The zero-order chi connectivity index (χ0) is 21.3. The molecule has 1 N–H and O–H groups in total. The summed E-state index contributed by atoms with van der Waals surface area (Å²) in [7, 11) is 0. The molecule has 156 valence electrons. The molecule has 5 heteroatoms. The van der Waals surface area contributed by atoms with Crippen LogP contribution in [0.4, 0.5) is 0 Å². The maximum atomic E-state index is 4.70. The van der Waals surface area contributed by atoms with Crippen molar-refractivity contribution in [1.29, 1.82) is 0 Å². The van der Waals surface area contributed by atoms with Crippen molar-refractivity contribution in [3.63, 3.8) is 0 Å². The standard InChI is InChI=1S/C27H23N5/c1-2-12-32(13-3-1)18-19-4-6-20(7-5-19)22-14-24-23-15-25(21-8-10-28-11-9-21)29-17-26(23)31-27(24)30-16-22/h2,4-12,14-17H,1,3,13,18H2,(H,30,31). The summed E-state index contributed by atoms with van der Waals surface area (Å²) in [6.07, 6.45) is 14.3. The van der Waals surface area contributed by atoms with Gasteiger partial charge in [0.05, 0.1) is 17.4 Å². The number of allylic oxidation sites excluding steroid dienone is 1. The number of nitrogens with zero attached hydrogens (tertiary/aromatic N) is 4. The molecule has 0 aliphatic carbocycles. The van der Waals surface area contributed by atoms with Gasteiger partial charge in [0, 0.05) is 53.6 Å². The topological polar surface area (TPSA) is 57.7 Å². The van der Waals surface area contributed by atoms with E-state index in [0.29, 0.717) is 0 Å². The first-order valence-corrected chi connectivity index (χ1v) is 11.0. The zero-order valence-electron chi connectivity index (χ0n) is 17.7. The van der Waals surface area contributed by atoms with E-state index in [4.69, 9.17) is 4.98 Å².